The molecule has 26 heavy (non-hydrogen) atoms. The molecule has 138 valence electrons. The maximum Gasteiger partial charge on any atom is 0.416 e. The Morgan fingerprint density at radius 2 is 1.96 bits per heavy atom. The molecule has 1 heterocycles. The van der Waals surface area contributed by atoms with Crippen LogP contribution in [0.1, 0.15) is 22.8 Å². The van der Waals surface area contributed by atoms with E-state index >= 15 is 0 Å². The minimum Gasteiger partial charge on any atom is -0.449 e. The first-order valence-corrected chi connectivity index (χ1v) is 8.63. The van der Waals surface area contributed by atoms with Crippen molar-refractivity contribution in [1.29, 1.82) is 0 Å². The number of pyridine rings is 1. The van der Waals surface area contributed by atoms with Gasteiger partial charge in [-0.1, -0.05) is 6.07 Å². The molecular formula is C17H15F3N2O3S. The number of thioether (sulfide) groups is 1. The number of carbonyl (C=O) groups is 2. The molecule has 0 saturated heterocycles. The normalized spacial score (nSPS) is 12.3. The molecule has 0 aliphatic rings. The maximum absolute atomic E-state index is 12.7. The summed E-state index contributed by atoms with van der Waals surface area (Å²) in [4.78, 5) is 28.3. The lowest BCUT2D eigenvalue weighted by atomic mass is 10.2. The highest BCUT2D eigenvalue weighted by atomic mass is 32.2. The molecule has 0 aliphatic carbocycles. The number of hydrogen-bond donors (Lipinski definition) is 1. The van der Waals surface area contributed by atoms with Gasteiger partial charge in [0.05, 0.1) is 11.1 Å². The highest BCUT2D eigenvalue weighted by Crippen LogP contribution is 2.30. The lowest BCUT2D eigenvalue weighted by molar-refractivity contribution is -0.137. The number of esters is 1. The number of aromatic nitrogens is 1. The van der Waals surface area contributed by atoms with Crippen molar-refractivity contribution in [2.75, 3.05) is 11.6 Å². The van der Waals surface area contributed by atoms with E-state index < -0.39 is 29.7 Å². The number of nitrogens with zero attached hydrogens (tertiary/aromatic N) is 1. The van der Waals surface area contributed by atoms with Crippen LogP contribution in [0.3, 0.4) is 0 Å². The molecule has 5 nitrogen and oxygen atoms in total. The highest BCUT2D eigenvalue weighted by molar-refractivity contribution is 7.98. The van der Waals surface area contributed by atoms with Crippen LogP contribution in [0.25, 0.3) is 0 Å². The molecule has 2 aromatic rings. The predicted octanol–water partition coefficient (Wildman–Crippen LogP) is 4.01. The summed E-state index contributed by atoms with van der Waals surface area (Å²) < 4.78 is 43.2. The summed E-state index contributed by atoms with van der Waals surface area (Å²) in [5.74, 6) is -1.48. The molecule has 0 bridgehead atoms. The van der Waals surface area contributed by atoms with Crippen LogP contribution < -0.4 is 5.32 Å². The number of carbonyl (C=O) groups excluding carboxylic acids is 2. The highest BCUT2D eigenvalue weighted by Gasteiger charge is 2.30. The van der Waals surface area contributed by atoms with Gasteiger partial charge in [-0.25, -0.2) is 9.78 Å². The van der Waals surface area contributed by atoms with Crippen LogP contribution in [0, 0.1) is 0 Å². The van der Waals surface area contributed by atoms with Crippen LogP contribution in [-0.2, 0) is 15.7 Å². The van der Waals surface area contributed by atoms with Crippen molar-refractivity contribution in [3.63, 3.8) is 0 Å². The van der Waals surface area contributed by atoms with Gasteiger partial charge in [0.25, 0.3) is 5.91 Å². The van der Waals surface area contributed by atoms with Gasteiger partial charge < -0.3 is 10.1 Å². The van der Waals surface area contributed by atoms with Crippen molar-refractivity contribution in [2.45, 2.75) is 24.2 Å². The Morgan fingerprint density at radius 3 is 2.62 bits per heavy atom. The smallest absolute Gasteiger partial charge is 0.416 e. The number of benzene rings is 1. The van der Waals surface area contributed by atoms with Crippen molar-refractivity contribution >= 4 is 29.3 Å². The van der Waals surface area contributed by atoms with E-state index in [0.29, 0.717) is 5.03 Å². The summed E-state index contributed by atoms with van der Waals surface area (Å²) in [6.45, 7) is 1.33. The van der Waals surface area contributed by atoms with Crippen LogP contribution in [0.5, 0.6) is 0 Å². The molecule has 1 amide bonds. The third-order valence-corrected chi connectivity index (χ3v) is 4.01. The number of halogens is 3. The minimum absolute atomic E-state index is 0.0427. The van der Waals surface area contributed by atoms with Gasteiger partial charge in [-0.05, 0) is 43.5 Å². The molecule has 0 fully saturated rings. The molecule has 1 aromatic carbocycles. The number of ether oxygens (including phenoxy) is 1. The average molecular weight is 384 g/mol. The van der Waals surface area contributed by atoms with Gasteiger partial charge in [0.15, 0.2) is 6.10 Å². The van der Waals surface area contributed by atoms with Crippen molar-refractivity contribution in [1.82, 2.24) is 4.98 Å². The monoisotopic (exact) mass is 384 g/mol. The second kappa shape index (κ2) is 8.22. The Balaban J connectivity index is 2.05. The van der Waals surface area contributed by atoms with E-state index in [2.05, 4.69) is 10.3 Å². The summed E-state index contributed by atoms with van der Waals surface area (Å²) in [6.07, 6.45) is -2.46. The molecule has 0 spiro atoms. The molecular weight excluding hydrogens is 369 g/mol. The van der Waals surface area contributed by atoms with E-state index in [1.165, 1.54) is 43.1 Å². The fourth-order valence-corrected chi connectivity index (χ4v) is 2.54. The van der Waals surface area contributed by atoms with Gasteiger partial charge in [0.1, 0.15) is 5.03 Å². The van der Waals surface area contributed by atoms with Crippen molar-refractivity contribution in [3.05, 3.63) is 53.7 Å². The van der Waals surface area contributed by atoms with Gasteiger partial charge in [0.2, 0.25) is 0 Å². The van der Waals surface area contributed by atoms with Gasteiger partial charge in [0, 0.05) is 11.9 Å². The first-order valence-electron chi connectivity index (χ1n) is 7.40. The molecule has 0 unspecified atom stereocenters. The summed E-state index contributed by atoms with van der Waals surface area (Å²) in [5.41, 5.74) is -0.724. The van der Waals surface area contributed by atoms with Gasteiger partial charge in [-0.3, -0.25) is 4.79 Å². The first kappa shape index (κ1) is 19.8. The summed E-state index contributed by atoms with van der Waals surface area (Å²) in [6, 6.07) is 7.26. The lowest BCUT2D eigenvalue weighted by Crippen LogP contribution is -2.30. The fraction of sp³-hybridized carbons (Fsp3) is 0.235. The van der Waals surface area contributed by atoms with Crippen LogP contribution in [0.15, 0.2) is 47.6 Å². The molecule has 1 N–H and O–H groups in total. The molecule has 1 aromatic heterocycles. The predicted molar refractivity (Wildman–Crippen MR) is 91.0 cm³/mol. The zero-order valence-corrected chi connectivity index (χ0v) is 14.6. The summed E-state index contributed by atoms with van der Waals surface area (Å²) >= 11 is 1.25. The molecule has 9 heteroatoms. The van der Waals surface area contributed by atoms with Crippen molar-refractivity contribution < 1.29 is 27.5 Å². The van der Waals surface area contributed by atoms with Crippen LogP contribution in [-0.4, -0.2) is 29.2 Å². The molecule has 1 atom stereocenters. The second-order valence-electron chi connectivity index (χ2n) is 5.18. The third-order valence-electron chi connectivity index (χ3n) is 3.29. The number of nitrogens with one attached hydrogen (secondary N) is 1. The SMILES string of the molecule is CSc1ncccc1C(=O)O[C@H](C)C(=O)Nc1cccc(C(F)(F)F)c1. The quantitative estimate of drug-likeness (QED) is 0.623. The Bertz CT molecular complexity index is 812. The van der Waals surface area contributed by atoms with Crippen LogP contribution in [0.2, 0.25) is 0 Å². The first-order chi connectivity index (χ1) is 12.2. The van der Waals surface area contributed by atoms with Crippen LogP contribution in [0.4, 0.5) is 18.9 Å². The molecule has 0 aliphatic heterocycles. The molecule has 0 saturated carbocycles. The summed E-state index contributed by atoms with van der Waals surface area (Å²) in [5, 5.41) is 2.75. The Morgan fingerprint density at radius 1 is 1.23 bits per heavy atom. The molecule has 2 rings (SSSR count). The standard InChI is InChI=1S/C17H15F3N2O3S/c1-10(25-16(24)13-7-4-8-21-15(13)26-2)14(23)22-12-6-3-5-11(9-12)17(18,19)20/h3-10H,1-2H3,(H,22,23)/t10-/m1/s1. The topological polar surface area (TPSA) is 68.3 Å². The Hall–Kier alpha value is -2.55. The van der Waals surface area contributed by atoms with Crippen molar-refractivity contribution in [3.8, 4) is 0 Å². The second-order valence-corrected chi connectivity index (χ2v) is 5.97. The van der Waals surface area contributed by atoms with E-state index in [-0.39, 0.29) is 11.3 Å². The van der Waals surface area contributed by atoms with Gasteiger partial charge >= 0.3 is 12.1 Å². The minimum atomic E-state index is -4.52. The van der Waals surface area contributed by atoms with E-state index in [0.717, 1.165) is 12.1 Å². The average Bonchev–Trinajstić information content (AvgIpc) is 2.61. The van der Waals surface area contributed by atoms with E-state index in [4.69, 9.17) is 4.74 Å². The molecule has 0 radical (unpaired) electrons. The Labute approximate surface area is 152 Å². The number of amides is 1. The fourth-order valence-electron chi connectivity index (χ4n) is 2.00. The van der Waals surface area contributed by atoms with E-state index in [9.17, 15) is 22.8 Å². The Kier molecular flexibility index (Phi) is 6.25. The summed E-state index contributed by atoms with van der Waals surface area (Å²) in [7, 11) is 0. The van der Waals surface area contributed by atoms with Gasteiger partial charge in [-0.2, -0.15) is 13.2 Å². The number of anilines is 1. The van der Waals surface area contributed by atoms with E-state index in [1.54, 1.807) is 12.3 Å². The van der Waals surface area contributed by atoms with E-state index in [1.807, 2.05) is 0 Å². The lowest BCUT2D eigenvalue weighted by Gasteiger charge is -2.15. The van der Waals surface area contributed by atoms with Crippen molar-refractivity contribution in [2.24, 2.45) is 0 Å². The number of alkyl halides is 3. The number of hydrogen-bond acceptors (Lipinski definition) is 5. The third kappa shape index (κ3) is 4.98. The number of rotatable bonds is 5. The van der Waals surface area contributed by atoms with Gasteiger partial charge in [-0.15, -0.1) is 11.8 Å². The zero-order valence-electron chi connectivity index (χ0n) is 13.8. The largest absolute Gasteiger partial charge is 0.449 e. The maximum atomic E-state index is 12.7. The van der Waals surface area contributed by atoms with Crippen LogP contribution >= 0.6 is 11.8 Å². The zero-order chi connectivity index (χ0) is 19.3.